The van der Waals surface area contributed by atoms with Gasteiger partial charge in [-0.05, 0) is 12.2 Å². The van der Waals surface area contributed by atoms with Gasteiger partial charge in [-0.3, -0.25) is 4.79 Å². The Balaban J connectivity index is 3.95. The van der Waals surface area contributed by atoms with E-state index < -0.39 is 10.0 Å². The van der Waals surface area contributed by atoms with E-state index in [2.05, 4.69) is 60.7 Å². The van der Waals surface area contributed by atoms with Crippen molar-refractivity contribution in [2.45, 2.75) is 119 Å². The largest absolute Gasteiger partial charge is 0.350 e. The molecule has 0 aliphatic heterocycles. The number of sulfonamides is 1. The van der Waals surface area contributed by atoms with Crippen LogP contribution in [0.5, 0.6) is 0 Å². The number of rotatable bonds is 25. The molecule has 0 aliphatic rings. The molecule has 36 heavy (non-hydrogen) atoms. The Morgan fingerprint density at radius 2 is 1.31 bits per heavy atom. The first-order chi connectivity index (χ1) is 17.0. The Kier molecular flexibility index (Phi) is 22.5. The van der Waals surface area contributed by atoms with E-state index in [1.54, 1.807) is 0 Å². The van der Waals surface area contributed by atoms with E-state index >= 15 is 0 Å². The standard InChI is InChI=1S/C27H56IN3O3S2/c1-6-7-8-9-10-11-12-13-14-15-16-17-18-19-22-35-27(28)26(30-25(2)32)24-29-36(33,34)23-20-21-31(3,4)5/h26-27,29H,6-24H2,1-5H3/p+1. The molecule has 0 rings (SSSR count). The van der Waals surface area contributed by atoms with Gasteiger partial charge >= 0.3 is 0 Å². The summed E-state index contributed by atoms with van der Waals surface area (Å²) in [6.07, 6.45) is 19.6. The van der Waals surface area contributed by atoms with Gasteiger partial charge in [0.25, 0.3) is 0 Å². The number of hydrogen-bond donors (Lipinski definition) is 2. The smallest absolute Gasteiger partial charge is 0.217 e. The van der Waals surface area contributed by atoms with Gasteiger partial charge < -0.3 is 9.80 Å². The molecule has 0 saturated carbocycles. The van der Waals surface area contributed by atoms with Crippen molar-refractivity contribution in [1.29, 1.82) is 0 Å². The number of carbonyl (C=O) groups is 1. The van der Waals surface area contributed by atoms with E-state index in [0.717, 1.165) is 16.8 Å². The number of hydrogen-bond acceptors (Lipinski definition) is 4. The summed E-state index contributed by atoms with van der Waals surface area (Å²) in [5.41, 5.74) is 0. The summed E-state index contributed by atoms with van der Waals surface area (Å²) in [5, 5.41) is 2.94. The summed E-state index contributed by atoms with van der Waals surface area (Å²) in [6.45, 7) is 4.81. The summed E-state index contributed by atoms with van der Waals surface area (Å²) >= 11 is 4.16. The molecule has 0 spiro atoms. The highest BCUT2D eigenvalue weighted by Gasteiger charge is 2.23. The van der Waals surface area contributed by atoms with Gasteiger partial charge in [-0.15, -0.1) is 11.8 Å². The molecular formula is C27H57IN3O3S2+. The van der Waals surface area contributed by atoms with Gasteiger partial charge in [-0.2, -0.15) is 0 Å². The molecule has 0 fully saturated rings. The molecule has 0 aromatic carbocycles. The first-order valence-corrected chi connectivity index (χ1v) is 18.2. The number of nitrogens with zero attached hydrogens (tertiary/aromatic N) is 1. The minimum absolute atomic E-state index is 0.118. The SMILES string of the molecule is CCCCCCCCCCCCCCCCSC(I)C(CNS(=O)(=O)CCC[N+](C)(C)C)NC(C)=O. The summed E-state index contributed by atoms with van der Waals surface area (Å²) in [5.74, 6) is 1.04. The van der Waals surface area contributed by atoms with Crippen molar-refractivity contribution < 1.29 is 17.7 Å². The quantitative estimate of drug-likeness (QED) is 0.0508. The Bertz CT molecular complexity index is 643. The molecule has 0 bridgehead atoms. The Hall–Kier alpha value is 0.420. The van der Waals surface area contributed by atoms with E-state index in [0.29, 0.717) is 6.42 Å². The number of quaternary nitrogens is 1. The molecule has 0 radical (unpaired) electrons. The van der Waals surface area contributed by atoms with Crippen LogP contribution >= 0.6 is 34.4 Å². The summed E-state index contributed by atoms with van der Waals surface area (Å²) in [6, 6.07) is -0.215. The lowest BCUT2D eigenvalue weighted by atomic mass is 10.0. The lowest BCUT2D eigenvalue weighted by Crippen LogP contribution is -2.47. The van der Waals surface area contributed by atoms with Crippen LogP contribution < -0.4 is 10.0 Å². The fourth-order valence-corrected chi connectivity index (χ4v) is 7.37. The van der Waals surface area contributed by atoms with Crippen LogP contribution in [0.3, 0.4) is 0 Å². The van der Waals surface area contributed by atoms with E-state index in [9.17, 15) is 13.2 Å². The Labute approximate surface area is 242 Å². The molecule has 216 valence electrons. The number of halogens is 1. The average molecular weight is 663 g/mol. The van der Waals surface area contributed by atoms with Crippen molar-refractivity contribution in [2.75, 3.05) is 45.7 Å². The second kappa shape index (κ2) is 22.3. The molecule has 0 aromatic heterocycles. The fraction of sp³-hybridized carbons (Fsp3) is 0.963. The molecule has 2 N–H and O–H groups in total. The normalized spacial score (nSPS) is 14.1. The van der Waals surface area contributed by atoms with Crippen molar-refractivity contribution in [2.24, 2.45) is 0 Å². The maximum atomic E-state index is 12.4. The third kappa shape index (κ3) is 24.7. The van der Waals surface area contributed by atoms with Gasteiger partial charge in [-0.25, -0.2) is 13.1 Å². The number of nitrogens with one attached hydrogen (secondary N) is 2. The molecule has 0 saturated heterocycles. The highest BCUT2D eigenvalue weighted by molar-refractivity contribution is 14.1. The minimum atomic E-state index is -3.34. The topological polar surface area (TPSA) is 75.3 Å². The third-order valence-corrected chi connectivity index (χ3v) is 10.8. The van der Waals surface area contributed by atoms with Gasteiger partial charge in [0.05, 0.1) is 42.7 Å². The zero-order valence-corrected chi connectivity index (χ0v) is 27.7. The van der Waals surface area contributed by atoms with Crippen LogP contribution in [0.4, 0.5) is 0 Å². The van der Waals surface area contributed by atoms with Crippen LogP contribution in [0, 0.1) is 0 Å². The van der Waals surface area contributed by atoms with Crippen LogP contribution in [-0.2, 0) is 14.8 Å². The second-order valence-corrected chi connectivity index (χ2v) is 16.5. The maximum absolute atomic E-state index is 12.4. The highest BCUT2D eigenvalue weighted by Crippen LogP contribution is 2.24. The van der Waals surface area contributed by atoms with Crippen molar-refractivity contribution in [3.63, 3.8) is 0 Å². The number of amides is 1. The molecule has 2 atom stereocenters. The van der Waals surface area contributed by atoms with Crippen LogP contribution in [0.25, 0.3) is 0 Å². The number of thioether (sulfide) groups is 1. The van der Waals surface area contributed by atoms with Gasteiger partial charge in [0.15, 0.2) is 0 Å². The predicted octanol–water partition coefficient (Wildman–Crippen LogP) is 6.48. The first kappa shape index (κ1) is 36.4. The van der Waals surface area contributed by atoms with Crippen molar-refractivity contribution in [3.05, 3.63) is 0 Å². The number of unbranched alkanes of at least 4 members (excludes halogenated alkanes) is 13. The molecule has 2 unspecified atom stereocenters. The molecular weight excluding hydrogens is 605 g/mol. The molecule has 0 aromatic rings. The average Bonchev–Trinajstić information content (AvgIpc) is 2.77. The van der Waals surface area contributed by atoms with Crippen molar-refractivity contribution in [1.82, 2.24) is 10.0 Å². The van der Waals surface area contributed by atoms with Crippen LogP contribution in [0.1, 0.15) is 110 Å². The van der Waals surface area contributed by atoms with E-state index in [4.69, 9.17) is 0 Å². The molecule has 9 heteroatoms. The monoisotopic (exact) mass is 662 g/mol. The first-order valence-electron chi connectivity index (χ1n) is 14.3. The van der Waals surface area contributed by atoms with Gasteiger partial charge in [0, 0.05) is 19.9 Å². The van der Waals surface area contributed by atoms with Crippen LogP contribution in [0.2, 0.25) is 0 Å². The Morgan fingerprint density at radius 3 is 1.75 bits per heavy atom. The summed E-state index contributed by atoms with van der Waals surface area (Å²) in [4.78, 5) is 11.7. The van der Waals surface area contributed by atoms with Gasteiger partial charge in [0.1, 0.15) is 0 Å². The Morgan fingerprint density at radius 1 is 0.833 bits per heavy atom. The van der Waals surface area contributed by atoms with Crippen molar-refractivity contribution in [3.8, 4) is 0 Å². The third-order valence-electron chi connectivity index (χ3n) is 6.25. The van der Waals surface area contributed by atoms with E-state index in [1.807, 2.05) is 11.8 Å². The lowest BCUT2D eigenvalue weighted by molar-refractivity contribution is -0.870. The van der Waals surface area contributed by atoms with Gasteiger partial charge in [0.2, 0.25) is 15.9 Å². The summed E-state index contributed by atoms with van der Waals surface area (Å²) in [7, 11) is 2.83. The lowest BCUT2D eigenvalue weighted by Gasteiger charge is -2.25. The zero-order valence-electron chi connectivity index (χ0n) is 24.0. The van der Waals surface area contributed by atoms with Gasteiger partial charge in [-0.1, -0.05) is 113 Å². The van der Waals surface area contributed by atoms with Crippen LogP contribution in [0.15, 0.2) is 0 Å². The maximum Gasteiger partial charge on any atom is 0.217 e. The van der Waals surface area contributed by atoms with E-state index in [1.165, 1.54) is 96.8 Å². The molecule has 6 nitrogen and oxygen atoms in total. The molecule has 0 heterocycles. The number of alkyl halides is 1. The highest BCUT2D eigenvalue weighted by atomic mass is 127. The van der Waals surface area contributed by atoms with Crippen molar-refractivity contribution >= 4 is 50.3 Å². The van der Waals surface area contributed by atoms with Crippen LogP contribution in [-0.4, -0.2) is 73.8 Å². The summed E-state index contributed by atoms with van der Waals surface area (Å²) < 4.78 is 28.4. The molecule has 0 aliphatic carbocycles. The number of carbonyl (C=O) groups excluding carboxylic acids is 1. The predicted molar refractivity (Wildman–Crippen MR) is 167 cm³/mol. The molecule has 1 amide bonds. The fourth-order valence-electron chi connectivity index (χ4n) is 4.10. The zero-order chi connectivity index (χ0) is 27.3. The second-order valence-electron chi connectivity index (χ2n) is 11.2. The minimum Gasteiger partial charge on any atom is -0.350 e. The van der Waals surface area contributed by atoms with E-state index in [-0.39, 0.29) is 27.5 Å².